The van der Waals surface area contributed by atoms with Crippen LogP contribution in [-0.2, 0) is 11.3 Å². The molecule has 156 valence electrons. The van der Waals surface area contributed by atoms with Gasteiger partial charge in [0.05, 0.1) is 11.4 Å². The molecule has 4 aromatic rings. The number of rotatable bonds is 6. The quantitative estimate of drug-likeness (QED) is 0.362. The van der Waals surface area contributed by atoms with Crippen molar-refractivity contribution in [3.05, 3.63) is 60.2 Å². The van der Waals surface area contributed by atoms with Crippen LogP contribution in [0.15, 0.2) is 53.8 Å². The van der Waals surface area contributed by atoms with E-state index in [-0.39, 0.29) is 24.3 Å². The van der Waals surface area contributed by atoms with Crippen LogP contribution in [-0.4, -0.2) is 43.4 Å². The fraction of sp³-hybridized carbons (Fsp3) is 0.150. The molecule has 1 aliphatic heterocycles. The number of benzene rings is 2. The molecule has 0 unspecified atom stereocenters. The highest BCUT2D eigenvalue weighted by Gasteiger charge is 2.16. The van der Waals surface area contributed by atoms with Gasteiger partial charge in [-0.05, 0) is 42.0 Å². The molecule has 0 fully saturated rings. The molecule has 0 bridgehead atoms. The summed E-state index contributed by atoms with van der Waals surface area (Å²) in [4.78, 5) is 20.8. The van der Waals surface area contributed by atoms with Gasteiger partial charge in [0.2, 0.25) is 12.7 Å². The highest BCUT2D eigenvalue weighted by atomic mass is 32.2. The molecule has 1 amide bonds. The third-order valence-electron chi connectivity index (χ3n) is 4.54. The number of aromatic nitrogens is 5. The van der Waals surface area contributed by atoms with Gasteiger partial charge in [0.25, 0.3) is 0 Å². The van der Waals surface area contributed by atoms with Gasteiger partial charge in [0.15, 0.2) is 22.7 Å². The molecule has 1 aliphatic rings. The summed E-state index contributed by atoms with van der Waals surface area (Å²) in [6.07, 6.45) is 1.39. The first-order chi connectivity index (χ1) is 15.2. The molecule has 0 saturated carbocycles. The Morgan fingerprint density at radius 1 is 1.13 bits per heavy atom. The number of ether oxygens (including phenoxy) is 2. The number of carbonyl (C=O) groups is 1. The predicted molar refractivity (Wildman–Crippen MR) is 110 cm³/mol. The van der Waals surface area contributed by atoms with Crippen LogP contribution in [0.4, 0.5) is 4.39 Å². The zero-order chi connectivity index (χ0) is 21.2. The summed E-state index contributed by atoms with van der Waals surface area (Å²) in [5.41, 5.74) is 2.49. The van der Waals surface area contributed by atoms with E-state index >= 15 is 0 Å². The molecule has 1 N–H and O–H groups in total. The van der Waals surface area contributed by atoms with Gasteiger partial charge in [-0.2, -0.15) is 4.68 Å². The lowest BCUT2D eigenvalue weighted by Gasteiger charge is -2.06. The van der Waals surface area contributed by atoms with Crippen molar-refractivity contribution in [3.8, 4) is 17.2 Å². The van der Waals surface area contributed by atoms with Crippen LogP contribution in [0.3, 0.4) is 0 Å². The van der Waals surface area contributed by atoms with Crippen molar-refractivity contribution in [3.63, 3.8) is 0 Å². The summed E-state index contributed by atoms with van der Waals surface area (Å²) in [5, 5.41) is 11.6. The zero-order valence-electron chi connectivity index (χ0n) is 16.0. The molecule has 3 heterocycles. The van der Waals surface area contributed by atoms with E-state index in [1.807, 2.05) is 18.2 Å². The number of halogens is 1. The van der Waals surface area contributed by atoms with Gasteiger partial charge in [0.1, 0.15) is 17.2 Å². The number of fused-ring (bicyclic) bond motifs is 2. The number of thioether (sulfide) groups is 1. The first-order valence-electron chi connectivity index (χ1n) is 9.28. The molecule has 0 saturated heterocycles. The first kappa shape index (κ1) is 19.2. The molecule has 0 aliphatic carbocycles. The Hall–Kier alpha value is -3.73. The Balaban J connectivity index is 1.24. The minimum absolute atomic E-state index is 0.152. The average Bonchev–Trinajstić information content (AvgIpc) is 3.43. The monoisotopic (exact) mass is 438 g/mol. The predicted octanol–water partition coefficient (Wildman–Crippen LogP) is 2.49. The van der Waals surface area contributed by atoms with E-state index in [9.17, 15) is 9.18 Å². The fourth-order valence-corrected chi connectivity index (χ4v) is 3.79. The lowest BCUT2D eigenvalue weighted by atomic mass is 10.2. The van der Waals surface area contributed by atoms with Crippen LogP contribution in [0, 0.1) is 5.82 Å². The number of hydrogen-bond acceptors (Lipinski definition) is 8. The van der Waals surface area contributed by atoms with Gasteiger partial charge in [-0.15, -0.1) is 5.10 Å². The van der Waals surface area contributed by atoms with Gasteiger partial charge in [-0.1, -0.05) is 23.0 Å². The molecule has 11 heteroatoms. The van der Waals surface area contributed by atoms with Gasteiger partial charge in [-0.25, -0.2) is 14.4 Å². The second kappa shape index (κ2) is 8.19. The number of carbonyl (C=O) groups excluding carboxylic acids is 1. The minimum atomic E-state index is -0.342. The smallest absolute Gasteiger partial charge is 0.231 e. The Bertz CT molecular complexity index is 1260. The summed E-state index contributed by atoms with van der Waals surface area (Å²) < 4.78 is 25.3. The molecule has 2 aromatic carbocycles. The maximum absolute atomic E-state index is 13.2. The summed E-state index contributed by atoms with van der Waals surface area (Å²) in [6, 6.07) is 11.4. The highest BCUT2D eigenvalue weighted by molar-refractivity contribution is 8.00. The number of nitrogens with zero attached hydrogens (tertiary/aromatic N) is 5. The van der Waals surface area contributed by atoms with Gasteiger partial charge >= 0.3 is 0 Å². The van der Waals surface area contributed by atoms with Crippen molar-refractivity contribution in [2.45, 2.75) is 11.6 Å². The highest BCUT2D eigenvalue weighted by Crippen LogP contribution is 2.32. The average molecular weight is 438 g/mol. The molecule has 5 rings (SSSR count). The van der Waals surface area contributed by atoms with E-state index in [4.69, 9.17) is 9.47 Å². The van der Waals surface area contributed by atoms with E-state index in [0.29, 0.717) is 39.9 Å². The Labute approximate surface area is 179 Å². The van der Waals surface area contributed by atoms with Crippen molar-refractivity contribution in [2.75, 3.05) is 12.5 Å². The van der Waals surface area contributed by atoms with Crippen LogP contribution in [0.25, 0.3) is 16.9 Å². The van der Waals surface area contributed by atoms with Crippen molar-refractivity contribution in [1.29, 1.82) is 0 Å². The minimum Gasteiger partial charge on any atom is -0.454 e. The third-order valence-corrected chi connectivity index (χ3v) is 5.52. The van der Waals surface area contributed by atoms with Crippen LogP contribution in [0.1, 0.15) is 5.56 Å². The normalized spacial score (nSPS) is 12.3. The number of amides is 1. The van der Waals surface area contributed by atoms with Gasteiger partial charge < -0.3 is 14.8 Å². The fourth-order valence-electron chi connectivity index (χ4n) is 3.03. The van der Waals surface area contributed by atoms with Gasteiger partial charge in [0, 0.05) is 6.54 Å². The third kappa shape index (κ3) is 3.99. The number of nitrogens with one attached hydrogen (secondary N) is 1. The summed E-state index contributed by atoms with van der Waals surface area (Å²) in [7, 11) is 0. The van der Waals surface area contributed by atoms with Crippen LogP contribution >= 0.6 is 11.8 Å². The van der Waals surface area contributed by atoms with Crippen molar-refractivity contribution < 1.29 is 18.7 Å². The molecule has 0 atom stereocenters. The molecular formula is C20H15FN6O3S. The number of hydrogen-bond donors (Lipinski definition) is 1. The SMILES string of the molecule is O=C(CSc1ncnc2c1nnn2-c1ccc(F)cc1)NCc1ccc2c(c1)OCO2. The van der Waals surface area contributed by atoms with E-state index < -0.39 is 0 Å². The second-order valence-electron chi connectivity index (χ2n) is 6.58. The molecule has 0 spiro atoms. The maximum atomic E-state index is 13.2. The van der Waals surface area contributed by atoms with Gasteiger partial charge in [-0.3, -0.25) is 4.79 Å². The molecular weight excluding hydrogens is 423 g/mol. The first-order valence-corrected chi connectivity index (χ1v) is 10.3. The molecule has 31 heavy (non-hydrogen) atoms. The van der Waals surface area contributed by atoms with E-state index in [1.54, 1.807) is 12.1 Å². The van der Waals surface area contributed by atoms with Crippen LogP contribution in [0.5, 0.6) is 11.5 Å². The Morgan fingerprint density at radius 3 is 2.84 bits per heavy atom. The van der Waals surface area contributed by atoms with Crippen molar-refractivity contribution in [1.82, 2.24) is 30.3 Å². The Kier molecular flexibility index (Phi) is 5.08. The standard InChI is InChI=1S/C20H15FN6O3S/c21-13-2-4-14(5-3-13)27-19-18(25-26-27)20(24-10-23-19)31-9-17(28)22-8-12-1-6-15-16(7-12)30-11-29-15/h1-7,10H,8-9,11H2,(H,22,28). The summed E-state index contributed by atoms with van der Waals surface area (Å²) in [6.45, 7) is 0.580. The molecule has 9 nitrogen and oxygen atoms in total. The largest absolute Gasteiger partial charge is 0.454 e. The molecule has 0 radical (unpaired) electrons. The van der Waals surface area contributed by atoms with E-state index in [0.717, 1.165) is 5.56 Å². The van der Waals surface area contributed by atoms with Crippen molar-refractivity contribution in [2.24, 2.45) is 0 Å². The van der Waals surface area contributed by atoms with Crippen molar-refractivity contribution >= 4 is 28.8 Å². The second-order valence-corrected chi connectivity index (χ2v) is 7.55. The molecule has 2 aromatic heterocycles. The Morgan fingerprint density at radius 2 is 1.97 bits per heavy atom. The van der Waals surface area contributed by atoms with Crippen LogP contribution in [0.2, 0.25) is 0 Å². The summed E-state index contributed by atoms with van der Waals surface area (Å²) in [5.74, 6) is 1.03. The lowest BCUT2D eigenvalue weighted by Crippen LogP contribution is -2.24. The zero-order valence-corrected chi connectivity index (χ0v) is 16.8. The van der Waals surface area contributed by atoms with E-state index in [1.165, 1.54) is 34.9 Å². The summed E-state index contributed by atoms with van der Waals surface area (Å²) >= 11 is 1.24. The lowest BCUT2D eigenvalue weighted by molar-refractivity contribution is -0.118. The van der Waals surface area contributed by atoms with E-state index in [2.05, 4.69) is 25.6 Å². The topological polar surface area (TPSA) is 104 Å². The maximum Gasteiger partial charge on any atom is 0.231 e. The van der Waals surface area contributed by atoms with Crippen LogP contribution < -0.4 is 14.8 Å².